The second-order valence-electron chi connectivity index (χ2n) is 6.56. The van der Waals surface area contributed by atoms with Gasteiger partial charge in [0, 0.05) is 7.05 Å². The maximum Gasteiger partial charge on any atom is 0.243 e. The fourth-order valence-electron chi connectivity index (χ4n) is 3.17. The van der Waals surface area contributed by atoms with Gasteiger partial charge in [-0.25, -0.2) is 8.42 Å². The van der Waals surface area contributed by atoms with Crippen LogP contribution in [0.1, 0.15) is 11.1 Å². The molecule has 148 valence electrons. The number of carbonyl (C=O) groups is 2. The Morgan fingerprint density at radius 3 is 2.54 bits per heavy atom. The van der Waals surface area contributed by atoms with Crippen LogP contribution >= 0.6 is 23.2 Å². The minimum atomic E-state index is -3.91. The Hall–Kier alpha value is -1.93. The summed E-state index contributed by atoms with van der Waals surface area (Å²) in [5, 5.41) is 2.98. The SMILES string of the molecule is CN1C(C(=O)N[C@H](C=O)Cc2ccccc2)Cc2cc(Cl)c(Cl)cc2S1(=O)=O. The van der Waals surface area contributed by atoms with Gasteiger partial charge in [-0.15, -0.1) is 0 Å². The number of carbonyl (C=O) groups excluding carboxylic acids is 2. The highest BCUT2D eigenvalue weighted by Crippen LogP contribution is 2.35. The summed E-state index contributed by atoms with van der Waals surface area (Å²) in [5.41, 5.74) is 1.30. The number of nitrogens with one attached hydrogen (secondary N) is 1. The number of hydrogen-bond donors (Lipinski definition) is 1. The lowest BCUT2D eigenvalue weighted by atomic mass is 10.0. The van der Waals surface area contributed by atoms with Crippen LogP contribution in [-0.2, 0) is 32.5 Å². The number of benzene rings is 2. The maximum absolute atomic E-state index is 12.8. The van der Waals surface area contributed by atoms with E-state index in [0.717, 1.165) is 9.87 Å². The first-order valence-electron chi connectivity index (χ1n) is 8.49. The van der Waals surface area contributed by atoms with Gasteiger partial charge in [0.25, 0.3) is 0 Å². The van der Waals surface area contributed by atoms with Gasteiger partial charge in [-0.3, -0.25) is 4.79 Å². The Kier molecular flexibility index (Phi) is 6.09. The highest BCUT2D eigenvalue weighted by molar-refractivity contribution is 7.89. The van der Waals surface area contributed by atoms with Gasteiger partial charge in [0.1, 0.15) is 12.3 Å². The maximum atomic E-state index is 12.8. The molecule has 0 saturated heterocycles. The van der Waals surface area contributed by atoms with E-state index in [1.54, 1.807) is 0 Å². The highest BCUT2D eigenvalue weighted by Gasteiger charge is 2.40. The van der Waals surface area contributed by atoms with Crippen LogP contribution in [0.2, 0.25) is 10.0 Å². The topological polar surface area (TPSA) is 83.6 Å². The summed E-state index contributed by atoms with van der Waals surface area (Å²) in [4.78, 5) is 24.3. The average Bonchev–Trinajstić information content (AvgIpc) is 2.67. The summed E-state index contributed by atoms with van der Waals surface area (Å²) >= 11 is 12.0. The molecule has 1 aliphatic heterocycles. The molecule has 2 atom stereocenters. The molecule has 0 radical (unpaired) electrons. The van der Waals surface area contributed by atoms with Crippen molar-refractivity contribution in [3.8, 4) is 0 Å². The van der Waals surface area contributed by atoms with Crippen molar-refractivity contribution < 1.29 is 18.0 Å². The van der Waals surface area contributed by atoms with Crippen LogP contribution in [0.25, 0.3) is 0 Å². The van der Waals surface area contributed by atoms with Crippen LogP contribution in [0.4, 0.5) is 0 Å². The van der Waals surface area contributed by atoms with Crippen molar-refractivity contribution in [2.75, 3.05) is 7.05 Å². The van der Waals surface area contributed by atoms with Gasteiger partial charge in [0.15, 0.2) is 0 Å². The van der Waals surface area contributed by atoms with Gasteiger partial charge >= 0.3 is 0 Å². The van der Waals surface area contributed by atoms with Gasteiger partial charge in [0.2, 0.25) is 15.9 Å². The monoisotopic (exact) mass is 440 g/mol. The van der Waals surface area contributed by atoms with Crippen molar-refractivity contribution in [3.05, 3.63) is 63.6 Å². The first-order valence-corrected chi connectivity index (χ1v) is 10.7. The Morgan fingerprint density at radius 2 is 1.89 bits per heavy atom. The number of nitrogens with zero attached hydrogens (tertiary/aromatic N) is 1. The summed E-state index contributed by atoms with van der Waals surface area (Å²) < 4.78 is 26.6. The minimum Gasteiger partial charge on any atom is -0.345 e. The molecule has 0 aromatic heterocycles. The molecule has 3 rings (SSSR count). The fraction of sp³-hybridized carbons (Fsp3) is 0.263. The molecule has 2 aromatic rings. The number of fused-ring (bicyclic) bond motifs is 1. The molecule has 0 bridgehead atoms. The van der Waals surface area contributed by atoms with Gasteiger partial charge in [-0.1, -0.05) is 53.5 Å². The highest BCUT2D eigenvalue weighted by atomic mass is 35.5. The number of sulfonamides is 1. The summed E-state index contributed by atoms with van der Waals surface area (Å²) in [6, 6.07) is 10.2. The van der Waals surface area contributed by atoms with Gasteiger partial charge < -0.3 is 10.1 Å². The van der Waals surface area contributed by atoms with Crippen molar-refractivity contribution in [2.24, 2.45) is 0 Å². The lowest BCUT2D eigenvalue weighted by Gasteiger charge is -2.33. The lowest BCUT2D eigenvalue weighted by Crippen LogP contribution is -2.54. The van der Waals surface area contributed by atoms with E-state index >= 15 is 0 Å². The smallest absolute Gasteiger partial charge is 0.243 e. The molecule has 0 spiro atoms. The molecule has 1 unspecified atom stereocenters. The van der Waals surface area contributed by atoms with Crippen molar-refractivity contribution in [3.63, 3.8) is 0 Å². The molecule has 1 amide bonds. The minimum absolute atomic E-state index is 0.0321. The van der Waals surface area contributed by atoms with Gasteiger partial charge in [-0.05, 0) is 36.1 Å². The van der Waals surface area contributed by atoms with Gasteiger partial charge in [-0.2, -0.15) is 4.31 Å². The van der Waals surface area contributed by atoms with E-state index in [2.05, 4.69) is 5.32 Å². The molecule has 0 fully saturated rings. The normalized spacial score (nSPS) is 19.5. The molecule has 2 aromatic carbocycles. The first kappa shape index (κ1) is 20.8. The van der Waals surface area contributed by atoms with E-state index in [-0.39, 0.29) is 21.4 Å². The third-order valence-electron chi connectivity index (χ3n) is 4.71. The van der Waals surface area contributed by atoms with Crippen molar-refractivity contribution in [1.29, 1.82) is 0 Å². The second-order valence-corrected chi connectivity index (χ2v) is 9.34. The molecule has 1 N–H and O–H groups in total. The molecule has 1 heterocycles. The molecule has 28 heavy (non-hydrogen) atoms. The van der Waals surface area contributed by atoms with E-state index < -0.39 is 28.0 Å². The van der Waals surface area contributed by atoms with Gasteiger partial charge in [0.05, 0.1) is 21.0 Å². The van der Waals surface area contributed by atoms with Crippen molar-refractivity contribution >= 4 is 45.4 Å². The number of likely N-dealkylation sites (N-methyl/N-ethyl adjacent to an activating group) is 1. The Morgan fingerprint density at radius 1 is 1.25 bits per heavy atom. The Bertz CT molecular complexity index is 1010. The van der Waals surface area contributed by atoms with Crippen LogP contribution in [0, 0.1) is 0 Å². The van der Waals surface area contributed by atoms with Crippen molar-refractivity contribution in [2.45, 2.75) is 29.8 Å². The van der Waals surface area contributed by atoms with E-state index in [1.165, 1.54) is 19.2 Å². The number of rotatable bonds is 5. The third-order valence-corrected chi connectivity index (χ3v) is 7.38. The number of halogens is 2. The molecule has 6 nitrogen and oxygen atoms in total. The van der Waals surface area contributed by atoms with Crippen LogP contribution in [0.5, 0.6) is 0 Å². The molecular formula is C19H18Cl2N2O4S. The zero-order valence-corrected chi connectivity index (χ0v) is 17.3. The van der Waals surface area contributed by atoms with Crippen LogP contribution < -0.4 is 5.32 Å². The second kappa shape index (κ2) is 8.21. The van der Waals surface area contributed by atoms with E-state index in [9.17, 15) is 18.0 Å². The molecular weight excluding hydrogens is 423 g/mol. The van der Waals surface area contributed by atoms with E-state index in [1.807, 2.05) is 30.3 Å². The predicted octanol–water partition coefficient (Wildman–Crippen LogP) is 2.46. The molecule has 1 aliphatic rings. The summed E-state index contributed by atoms with van der Waals surface area (Å²) in [5.74, 6) is -0.546. The van der Waals surface area contributed by atoms with Crippen LogP contribution in [-0.4, -0.2) is 44.0 Å². The summed E-state index contributed by atoms with van der Waals surface area (Å²) in [6.07, 6.45) is 1.09. The third kappa shape index (κ3) is 4.07. The zero-order valence-electron chi connectivity index (χ0n) is 14.9. The summed E-state index contributed by atoms with van der Waals surface area (Å²) in [6.45, 7) is 0. The predicted molar refractivity (Wildman–Crippen MR) is 107 cm³/mol. The molecule has 9 heteroatoms. The number of hydrogen-bond acceptors (Lipinski definition) is 4. The number of amides is 1. The van der Waals surface area contributed by atoms with E-state index in [0.29, 0.717) is 18.3 Å². The fourth-order valence-corrected chi connectivity index (χ4v) is 5.14. The molecule has 0 saturated carbocycles. The zero-order chi connectivity index (χ0) is 20.5. The first-order chi connectivity index (χ1) is 13.2. The lowest BCUT2D eigenvalue weighted by molar-refractivity contribution is -0.127. The van der Waals surface area contributed by atoms with Crippen LogP contribution in [0.15, 0.2) is 47.4 Å². The quantitative estimate of drug-likeness (QED) is 0.723. The largest absolute Gasteiger partial charge is 0.345 e. The van der Waals surface area contributed by atoms with Crippen molar-refractivity contribution in [1.82, 2.24) is 9.62 Å². The molecule has 0 aliphatic carbocycles. The average molecular weight is 441 g/mol. The Labute approximate surface area is 173 Å². The Balaban J connectivity index is 1.83. The van der Waals surface area contributed by atoms with E-state index in [4.69, 9.17) is 23.2 Å². The standard InChI is InChI=1S/C19H18Cl2N2O4S/c1-23-17(9-13-8-15(20)16(21)10-18(13)28(23,26)27)19(25)22-14(11-24)7-12-5-3-2-4-6-12/h2-6,8,10-11,14,17H,7,9H2,1H3,(H,22,25)/t14-,17?/m0/s1. The number of aldehydes is 1. The summed E-state index contributed by atoms with van der Waals surface area (Å²) in [7, 11) is -2.58. The van der Waals surface area contributed by atoms with Crippen LogP contribution in [0.3, 0.4) is 0 Å².